The number of carbonyl (C=O) groups is 2. The number of likely N-dealkylation sites (tertiary alicyclic amines) is 1. The molecule has 7 heteroatoms. The summed E-state index contributed by atoms with van der Waals surface area (Å²) < 4.78 is 6.12. The van der Waals surface area contributed by atoms with Crippen molar-refractivity contribution < 1.29 is 19.4 Å². The van der Waals surface area contributed by atoms with E-state index in [4.69, 9.17) is 4.74 Å². The Labute approximate surface area is 184 Å². The lowest BCUT2D eigenvalue weighted by molar-refractivity contribution is -0.140. The van der Waals surface area contributed by atoms with Crippen molar-refractivity contribution in [2.45, 2.75) is 13.0 Å². The van der Waals surface area contributed by atoms with Crippen LogP contribution in [0.3, 0.4) is 0 Å². The first kappa shape index (κ1) is 22.1. The van der Waals surface area contributed by atoms with Crippen molar-refractivity contribution in [1.29, 1.82) is 0 Å². The van der Waals surface area contributed by atoms with E-state index in [9.17, 15) is 14.7 Å². The number of methoxy groups -OCH3 is 1. The molecule has 1 atom stereocenters. The van der Waals surface area contributed by atoms with Crippen molar-refractivity contribution in [3.63, 3.8) is 0 Å². The van der Waals surface area contributed by atoms with Crippen LogP contribution < -0.4 is 4.74 Å². The number of hydrogen-bond acceptors (Lipinski definition) is 5. The van der Waals surface area contributed by atoms with Gasteiger partial charge in [-0.2, -0.15) is 0 Å². The summed E-state index contributed by atoms with van der Waals surface area (Å²) >= 11 is 3.42. The smallest absolute Gasteiger partial charge is 0.295 e. The molecule has 0 aromatic heterocycles. The molecule has 6 nitrogen and oxygen atoms in total. The zero-order valence-electron chi connectivity index (χ0n) is 17.5. The molecule has 0 aliphatic carbocycles. The van der Waals surface area contributed by atoms with E-state index in [-0.39, 0.29) is 11.3 Å². The van der Waals surface area contributed by atoms with E-state index < -0.39 is 17.7 Å². The lowest BCUT2D eigenvalue weighted by Crippen LogP contribution is -2.35. The molecule has 1 N–H and O–H groups in total. The predicted molar refractivity (Wildman–Crippen MR) is 119 cm³/mol. The zero-order valence-corrected chi connectivity index (χ0v) is 19.1. The van der Waals surface area contributed by atoms with E-state index in [1.54, 1.807) is 25.3 Å². The number of aliphatic hydroxyl groups excluding tert-OH is 1. The van der Waals surface area contributed by atoms with E-state index in [1.165, 1.54) is 4.90 Å². The number of nitrogens with zero attached hydrogens (tertiary/aromatic N) is 2. The van der Waals surface area contributed by atoms with Gasteiger partial charge in [-0.1, -0.05) is 28.1 Å². The summed E-state index contributed by atoms with van der Waals surface area (Å²) in [5.74, 6) is -0.791. The summed E-state index contributed by atoms with van der Waals surface area (Å²) in [6, 6.07) is 12.0. The molecule has 158 valence electrons. The van der Waals surface area contributed by atoms with Crippen LogP contribution in [0.5, 0.6) is 5.75 Å². The van der Waals surface area contributed by atoms with Gasteiger partial charge in [-0.05, 0) is 62.5 Å². The van der Waals surface area contributed by atoms with Gasteiger partial charge < -0.3 is 19.6 Å². The Hall–Kier alpha value is -2.64. The monoisotopic (exact) mass is 472 g/mol. The van der Waals surface area contributed by atoms with E-state index in [1.807, 2.05) is 50.2 Å². The van der Waals surface area contributed by atoms with E-state index in [0.717, 1.165) is 15.6 Å². The Morgan fingerprint density at radius 1 is 1.17 bits per heavy atom. The molecule has 30 heavy (non-hydrogen) atoms. The van der Waals surface area contributed by atoms with Crippen LogP contribution in [0.25, 0.3) is 5.76 Å². The highest BCUT2D eigenvalue weighted by Crippen LogP contribution is 2.40. The second-order valence-electron chi connectivity index (χ2n) is 7.53. The number of likely N-dealkylation sites (N-methyl/N-ethyl adjacent to an activating group) is 1. The number of aryl methyl sites for hydroxylation is 1. The van der Waals surface area contributed by atoms with Gasteiger partial charge in [0.15, 0.2) is 0 Å². The maximum Gasteiger partial charge on any atom is 0.295 e. The molecular weight excluding hydrogens is 448 g/mol. The Balaban J connectivity index is 2.16. The molecule has 0 spiro atoms. The fraction of sp³-hybridized carbons (Fsp3) is 0.304. The average molecular weight is 473 g/mol. The minimum Gasteiger partial charge on any atom is -0.507 e. The molecule has 1 unspecified atom stereocenters. The third-order valence-electron chi connectivity index (χ3n) is 5.20. The van der Waals surface area contributed by atoms with E-state index >= 15 is 0 Å². The highest BCUT2D eigenvalue weighted by molar-refractivity contribution is 9.10. The summed E-state index contributed by atoms with van der Waals surface area (Å²) in [4.78, 5) is 29.4. The summed E-state index contributed by atoms with van der Waals surface area (Å²) in [6.07, 6.45) is 0. The Bertz CT molecular complexity index is 999. The van der Waals surface area contributed by atoms with Gasteiger partial charge in [0.1, 0.15) is 11.5 Å². The lowest BCUT2D eigenvalue weighted by Gasteiger charge is -2.26. The van der Waals surface area contributed by atoms with Crippen molar-refractivity contribution in [1.82, 2.24) is 9.80 Å². The summed E-state index contributed by atoms with van der Waals surface area (Å²) in [6.45, 7) is 2.80. The van der Waals surface area contributed by atoms with Gasteiger partial charge in [0, 0.05) is 23.1 Å². The van der Waals surface area contributed by atoms with Crippen LogP contribution in [0, 0.1) is 6.92 Å². The SMILES string of the molecule is COc1ccc(C(O)=C2C(=O)C(=O)N(CCN(C)C)C2c2ccc(Br)cc2)c(C)c1. The molecule has 1 aliphatic rings. The Kier molecular flexibility index (Phi) is 6.63. The summed E-state index contributed by atoms with van der Waals surface area (Å²) in [5, 5.41) is 11.2. The first-order valence-electron chi connectivity index (χ1n) is 9.58. The molecule has 1 fully saturated rings. The Morgan fingerprint density at radius 3 is 2.40 bits per heavy atom. The van der Waals surface area contributed by atoms with E-state index in [0.29, 0.717) is 24.4 Å². The van der Waals surface area contributed by atoms with Crippen molar-refractivity contribution in [3.8, 4) is 5.75 Å². The lowest BCUT2D eigenvalue weighted by atomic mass is 9.94. The van der Waals surface area contributed by atoms with E-state index in [2.05, 4.69) is 15.9 Å². The van der Waals surface area contributed by atoms with Crippen LogP contribution in [0.1, 0.15) is 22.7 Å². The van der Waals surface area contributed by atoms with Crippen molar-refractivity contribution in [2.75, 3.05) is 34.3 Å². The Morgan fingerprint density at radius 2 is 1.83 bits per heavy atom. The molecule has 0 radical (unpaired) electrons. The third-order valence-corrected chi connectivity index (χ3v) is 5.73. The topological polar surface area (TPSA) is 70.1 Å². The zero-order chi connectivity index (χ0) is 22.0. The first-order chi connectivity index (χ1) is 14.2. The number of Topliss-reactive ketones (excluding diaryl/α,β-unsaturated/α-hetero) is 1. The number of ketones is 1. The number of aliphatic hydroxyl groups is 1. The quantitative estimate of drug-likeness (QED) is 0.393. The normalized spacial score (nSPS) is 18.3. The number of ether oxygens (including phenoxy) is 1. The number of carbonyl (C=O) groups excluding carboxylic acids is 2. The fourth-order valence-electron chi connectivity index (χ4n) is 3.58. The number of amides is 1. The maximum absolute atomic E-state index is 13.0. The van der Waals surface area contributed by atoms with Crippen LogP contribution in [0.4, 0.5) is 0 Å². The average Bonchev–Trinajstić information content (AvgIpc) is 2.96. The first-order valence-corrected chi connectivity index (χ1v) is 10.4. The van der Waals surface area contributed by atoms with Gasteiger partial charge in [0.2, 0.25) is 0 Å². The van der Waals surface area contributed by atoms with Crippen LogP contribution in [-0.4, -0.2) is 60.9 Å². The van der Waals surface area contributed by atoms with Crippen LogP contribution >= 0.6 is 15.9 Å². The molecular formula is C23H25BrN2O4. The second-order valence-corrected chi connectivity index (χ2v) is 8.44. The number of benzene rings is 2. The largest absolute Gasteiger partial charge is 0.507 e. The number of hydrogen-bond donors (Lipinski definition) is 1. The van der Waals surface area contributed by atoms with Crippen LogP contribution in [0.15, 0.2) is 52.5 Å². The molecule has 1 saturated heterocycles. The second kappa shape index (κ2) is 9.02. The van der Waals surface area contributed by atoms with Crippen LogP contribution in [0.2, 0.25) is 0 Å². The van der Waals surface area contributed by atoms with Crippen molar-refractivity contribution in [2.24, 2.45) is 0 Å². The molecule has 1 heterocycles. The predicted octanol–water partition coefficient (Wildman–Crippen LogP) is 3.75. The fourth-order valence-corrected chi connectivity index (χ4v) is 3.85. The van der Waals surface area contributed by atoms with Gasteiger partial charge in [-0.3, -0.25) is 9.59 Å². The molecule has 2 aromatic carbocycles. The van der Waals surface area contributed by atoms with Gasteiger partial charge in [-0.15, -0.1) is 0 Å². The number of halogens is 1. The van der Waals surface area contributed by atoms with Crippen molar-refractivity contribution in [3.05, 3.63) is 69.2 Å². The van der Waals surface area contributed by atoms with Gasteiger partial charge in [-0.25, -0.2) is 0 Å². The molecule has 0 saturated carbocycles. The highest BCUT2D eigenvalue weighted by atomic mass is 79.9. The van der Waals surface area contributed by atoms with Gasteiger partial charge in [0.05, 0.1) is 18.7 Å². The maximum atomic E-state index is 13.0. The minimum absolute atomic E-state index is 0.106. The highest BCUT2D eigenvalue weighted by Gasteiger charge is 2.46. The number of rotatable bonds is 6. The molecule has 2 aromatic rings. The van der Waals surface area contributed by atoms with Gasteiger partial charge in [0.25, 0.3) is 11.7 Å². The standard InChI is InChI=1S/C23H25BrN2O4/c1-14-13-17(30-4)9-10-18(14)21(27)19-20(15-5-7-16(24)8-6-15)26(12-11-25(2)3)23(29)22(19)28/h5-10,13,20,27H,11-12H2,1-4H3. The van der Waals surface area contributed by atoms with Gasteiger partial charge >= 0.3 is 0 Å². The molecule has 1 aliphatic heterocycles. The third kappa shape index (κ3) is 4.27. The minimum atomic E-state index is -0.672. The van der Waals surface area contributed by atoms with Crippen LogP contribution in [-0.2, 0) is 9.59 Å². The van der Waals surface area contributed by atoms with Crippen molar-refractivity contribution >= 4 is 33.4 Å². The molecule has 1 amide bonds. The molecule has 0 bridgehead atoms. The molecule has 3 rings (SSSR count). The summed E-state index contributed by atoms with van der Waals surface area (Å²) in [7, 11) is 5.38. The summed E-state index contributed by atoms with van der Waals surface area (Å²) in [5.41, 5.74) is 2.13.